The average molecular weight is 248 g/mol. The van der Waals surface area contributed by atoms with E-state index in [1.54, 1.807) is 19.1 Å². The third-order valence-corrected chi connectivity index (χ3v) is 3.30. The van der Waals surface area contributed by atoms with Crippen molar-refractivity contribution in [1.29, 1.82) is 0 Å². The molecular weight excluding hydrogens is 228 g/mol. The molecule has 4 heteroatoms. The van der Waals surface area contributed by atoms with Gasteiger partial charge in [-0.3, -0.25) is 0 Å². The molecular formula is C14H20N2O2. The average Bonchev–Trinajstić information content (AvgIpc) is 2.76. The zero-order chi connectivity index (χ0) is 13.1. The number of rotatable bonds is 3. The molecule has 1 fully saturated rings. The molecule has 0 amide bonds. The third-order valence-electron chi connectivity index (χ3n) is 3.30. The fraction of sp³-hybridized carbons (Fsp3) is 0.500. The van der Waals surface area contributed by atoms with Crippen molar-refractivity contribution in [2.75, 3.05) is 30.3 Å². The van der Waals surface area contributed by atoms with Gasteiger partial charge in [-0.25, -0.2) is 4.79 Å². The number of carbonyl (C=O) groups excluding carboxylic acids is 1. The second kappa shape index (κ2) is 5.29. The van der Waals surface area contributed by atoms with Crippen LogP contribution in [0.4, 0.5) is 11.4 Å². The lowest BCUT2D eigenvalue weighted by Crippen LogP contribution is -2.20. The van der Waals surface area contributed by atoms with Crippen LogP contribution in [0, 0.1) is 5.92 Å². The minimum atomic E-state index is -0.314. The molecule has 1 saturated heterocycles. The van der Waals surface area contributed by atoms with Crippen LogP contribution in [0.1, 0.15) is 30.6 Å². The lowest BCUT2D eigenvalue weighted by atomic mass is 10.1. The Morgan fingerprint density at radius 2 is 2.33 bits per heavy atom. The van der Waals surface area contributed by atoms with Crippen molar-refractivity contribution >= 4 is 17.3 Å². The van der Waals surface area contributed by atoms with Crippen LogP contribution >= 0.6 is 0 Å². The van der Waals surface area contributed by atoms with Crippen LogP contribution in [0.2, 0.25) is 0 Å². The maximum atomic E-state index is 11.6. The van der Waals surface area contributed by atoms with Crippen molar-refractivity contribution in [2.24, 2.45) is 5.92 Å². The third kappa shape index (κ3) is 2.58. The number of benzene rings is 1. The zero-order valence-corrected chi connectivity index (χ0v) is 11.0. The molecule has 0 saturated carbocycles. The molecule has 1 atom stereocenters. The fourth-order valence-electron chi connectivity index (χ4n) is 2.34. The Morgan fingerprint density at radius 3 is 2.89 bits per heavy atom. The lowest BCUT2D eigenvalue weighted by Gasteiger charge is -2.20. The maximum absolute atomic E-state index is 11.6. The molecule has 0 radical (unpaired) electrons. The molecule has 0 aliphatic carbocycles. The molecule has 2 N–H and O–H groups in total. The van der Waals surface area contributed by atoms with E-state index in [0.29, 0.717) is 23.8 Å². The van der Waals surface area contributed by atoms with E-state index < -0.39 is 0 Å². The van der Waals surface area contributed by atoms with Crippen LogP contribution < -0.4 is 10.6 Å². The van der Waals surface area contributed by atoms with Crippen molar-refractivity contribution in [2.45, 2.75) is 20.3 Å². The number of anilines is 2. The second-order valence-electron chi connectivity index (χ2n) is 4.83. The van der Waals surface area contributed by atoms with E-state index in [1.807, 2.05) is 6.07 Å². The number of nitrogens with zero attached hydrogens (tertiary/aromatic N) is 1. The molecule has 1 aromatic rings. The van der Waals surface area contributed by atoms with Crippen molar-refractivity contribution in [3.63, 3.8) is 0 Å². The van der Waals surface area contributed by atoms with Gasteiger partial charge in [-0.15, -0.1) is 0 Å². The first-order valence-corrected chi connectivity index (χ1v) is 6.43. The number of hydrogen-bond donors (Lipinski definition) is 1. The van der Waals surface area contributed by atoms with Gasteiger partial charge >= 0.3 is 5.97 Å². The van der Waals surface area contributed by atoms with Gasteiger partial charge in [0.1, 0.15) is 0 Å². The topological polar surface area (TPSA) is 55.6 Å². The number of ether oxygens (including phenoxy) is 1. The summed E-state index contributed by atoms with van der Waals surface area (Å²) in [5.41, 5.74) is 8.22. The first-order chi connectivity index (χ1) is 8.61. The molecule has 1 aliphatic heterocycles. The summed E-state index contributed by atoms with van der Waals surface area (Å²) in [6.45, 7) is 6.47. The Kier molecular flexibility index (Phi) is 3.75. The highest BCUT2D eigenvalue weighted by molar-refractivity contribution is 5.92. The van der Waals surface area contributed by atoms with Gasteiger partial charge in [-0.2, -0.15) is 0 Å². The van der Waals surface area contributed by atoms with Crippen LogP contribution in [0.15, 0.2) is 18.2 Å². The summed E-state index contributed by atoms with van der Waals surface area (Å²) in [5.74, 6) is 0.389. The summed E-state index contributed by atoms with van der Waals surface area (Å²) >= 11 is 0. The molecule has 0 bridgehead atoms. The van der Waals surface area contributed by atoms with Gasteiger partial charge in [0, 0.05) is 13.1 Å². The monoisotopic (exact) mass is 248 g/mol. The smallest absolute Gasteiger partial charge is 0.338 e. The fourth-order valence-corrected chi connectivity index (χ4v) is 2.34. The normalized spacial score (nSPS) is 19.0. The van der Waals surface area contributed by atoms with Crippen LogP contribution in [0.25, 0.3) is 0 Å². The quantitative estimate of drug-likeness (QED) is 0.658. The van der Waals surface area contributed by atoms with Gasteiger partial charge in [0.05, 0.1) is 23.5 Å². The maximum Gasteiger partial charge on any atom is 0.338 e. The van der Waals surface area contributed by atoms with E-state index in [2.05, 4.69) is 11.8 Å². The van der Waals surface area contributed by atoms with Gasteiger partial charge in [-0.05, 0) is 37.5 Å². The van der Waals surface area contributed by atoms with E-state index >= 15 is 0 Å². The van der Waals surface area contributed by atoms with Crippen LogP contribution in [0.5, 0.6) is 0 Å². The van der Waals surface area contributed by atoms with Crippen molar-refractivity contribution in [1.82, 2.24) is 0 Å². The number of nitrogens with two attached hydrogens (primary N) is 1. The number of nitrogen functional groups attached to an aromatic ring is 1. The SMILES string of the molecule is CCOC(=O)c1ccc(N2CCC(C)C2)c(N)c1. The van der Waals surface area contributed by atoms with Gasteiger partial charge in [0.25, 0.3) is 0 Å². The summed E-state index contributed by atoms with van der Waals surface area (Å²) in [6, 6.07) is 5.41. The van der Waals surface area contributed by atoms with Gasteiger partial charge in [0.15, 0.2) is 0 Å². The number of esters is 1. The van der Waals surface area contributed by atoms with Gasteiger partial charge in [0.2, 0.25) is 0 Å². The van der Waals surface area contributed by atoms with Crippen LogP contribution in [-0.4, -0.2) is 25.7 Å². The van der Waals surface area contributed by atoms with Crippen LogP contribution in [-0.2, 0) is 4.74 Å². The standard InChI is InChI=1S/C14H20N2O2/c1-3-18-14(17)11-4-5-13(12(15)8-11)16-7-6-10(2)9-16/h4-5,8,10H,3,6-7,9,15H2,1-2H3. The highest BCUT2D eigenvalue weighted by Gasteiger charge is 2.21. The summed E-state index contributed by atoms with van der Waals surface area (Å²) in [4.78, 5) is 13.9. The summed E-state index contributed by atoms with van der Waals surface area (Å²) in [5, 5.41) is 0. The highest BCUT2D eigenvalue weighted by atomic mass is 16.5. The zero-order valence-electron chi connectivity index (χ0n) is 11.0. The molecule has 0 aromatic heterocycles. The molecule has 1 aromatic carbocycles. The van der Waals surface area contributed by atoms with Crippen molar-refractivity contribution in [3.05, 3.63) is 23.8 Å². The lowest BCUT2D eigenvalue weighted by molar-refractivity contribution is 0.0526. The predicted molar refractivity (Wildman–Crippen MR) is 72.8 cm³/mol. The predicted octanol–water partition coefficient (Wildman–Crippen LogP) is 2.29. The Morgan fingerprint density at radius 1 is 1.56 bits per heavy atom. The Hall–Kier alpha value is -1.71. The molecule has 1 heterocycles. The Bertz CT molecular complexity index is 445. The van der Waals surface area contributed by atoms with Crippen molar-refractivity contribution in [3.8, 4) is 0 Å². The van der Waals surface area contributed by atoms with Gasteiger partial charge < -0.3 is 15.4 Å². The molecule has 4 nitrogen and oxygen atoms in total. The summed E-state index contributed by atoms with van der Waals surface area (Å²) in [7, 11) is 0. The summed E-state index contributed by atoms with van der Waals surface area (Å²) in [6.07, 6.45) is 1.19. The first-order valence-electron chi connectivity index (χ1n) is 6.43. The molecule has 1 aliphatic rings. The minimum Gasteiger partial charge on any atom is -0.462 e. The van der Waals surface area contributed by atoms with Gasteiger partial charge in [-0.1, -0.05) is 6.92 Å². The summed E-state index contributed by atoms with van der Waals surface area (Å²) < 4.78 is 4.96. The first kappa shape index (κ1) is 12.7. The van der Waals surface area contributed by atoms with E-state index in [4.69, 9.17) is 10.5 Å². The van der Waals surface area contributed by atoms with Crippen LogP contribution in [0.3, 0.4) is 0 Å². The molecule has 2 rings (SSSR count). The Balaban J connectivity index is 2.17. The molecule has 0 spiro atoms. The molecule has 1 unspecified atom stereocenters. The highest BCUT2D eigenvalue weighted by Crippen LogP contribution is 2.29. The van der Waals surface area contributed by atoms with E-state index in [1.165, 1.54) is 6.42 Å². The minimum absolute atomic E-state index is 0.314. The number of carbonyl (C=O) groups is 1. The number of hydrogen-bond acceptors (Lipinski definition) is 4. The van der Waals surface area contributed by atoms with E-state index in [-0.39, 0.29) is 5.97 Å². The molecule has 98 valence electrons. The van der Waals surface area contributed by atoms with E-state index in [0.717, 1.165) is 18.8 Å². The van der Waals surface area contributed by atoms with Crippen molar-refractivity contribution < 1.29 is 9.53 Å². The van der Waals surface area contributed by atoms with E-state index in [9.17, 15) is 4.79 Å². The largest absolute Gasteiger partial charge is 0.462 e. The molecule has 18 heavy (non-hydrogen) atoms. The Labute approximate surface area is 108 Å². The second-order valence-corrected chi connectivity index (χ2v) is 4.83.